The van der Waals surface area contributed by atoms with Gasteiger partial charge < -0.3 is 10.1 Å². The predicted molar refractivity (Wildman–Crippen MR) is 83.8 cm³/mol. The van der Waals surface area contributed by atoms with Crippen LogP contribution in [0.2, 0.25) is 0 Å². The second-order valence-corrected chi connectivity index (χ2v) is 5.78. The van der Waals surface area contributed by atoms with E-state index in [1.54, 1.807) is 7.11 Å². The summed E-state index contributed by atoms with van der Waals surface area (Å²) >= 11 is 0. The highest BCUT2D eigenvalue weighted by Crippen LogP contribution is 2.21. The van der Waals surface area contributed by atoms with Crippen molar-refractivity contribution in [3.8, 4) is 5.75 Å². The number of imide groups is 1. The molecule has 1 saturated carbocycles. The molecule has 2 rings (SSSR count). The molecule has 0 spiro atoms. The van der Waals surface area contributed by atoms with Gasteiger partial charge in [0.1, 0.15) is 5.75 Å². The third-order valence-corrected chi connectivity index (χ3v) is 3.46. The van der Waals surface area contributed by atoms with Gasteiger partial charge in [-0.25, -0.2) is 4.79 Å². The molecule has 0 heterocycles. The smallest absolute Gasteiger partial charge is 0.321 e. The number of amides is 3. The van der Waals surface area contributed by atoms with Crippen molar-refractivity contribution in [1.82, 2.24) is 15.5 Å². The van der Waals surface area contributed by atoms with Crippen LogP contribution < -0.4 is 15.4 Å². The summed E-state index contributed by atoms with van der Waals surface area (Å²) in [5.41, 5.74) is 2.15. The number of methoxy groups -OCH3 is 1. The number of nitrogens with one attached hydrogen (secondary N) is 2. The summed E-state index contributed by atoms with van der Waals surface area (Å²) < 4.78 is 5.33. The van der Waals surface area contributed by atoms with Gasteiger partial charge in [-0.1, -0.05) is 17.7 Å². The predicted octanol–water partition coefficient (Wildman–Crippen LogP) is 1.42. The van der Waals surface area contributed by atoms with Crippen LogP contribution in [0.1, 0.15) is 24.0 Å². The molecule has 0 aliphatic heterocycles. The van der Waals surface area contributed by atoms with Gasteiger partial charge in [0.25, 0.3) is 0 Å². The normalized spacial score (nSPS) is 13.8. The second-order valence-electron chi connectivity index (χ2n) is 5.78. The van der Waals surface area contributed by atoms with E-state index in [-0.39, 0.29) is 18.5 Å². The average Bonchev–Trinajstić information content (AvgIpc) is 3.22. The van der Waals surface area contributed by atoms with E-state index in [0.29, 0.717) is 6.54 Å². The Kier molecular flexibility index (Phi) is 5.38. The van der Waals surface area contributed by atoms with E-state index >= 15 is 0 Å². The molecule has 6 heteroatoms. The monoisotopic (exact) mass is 305 g/mol. The maximum atomic E-state index is 11.8. The third-order valence-electron chi connectivity index (χ3n) is 3.46. The molecule has 120 valence electrons. The first-order valence-electron chi connectivity index (χ1n) is 7.40. The highest BCUT2D eigenvalue weighted by Gasteiger charge is 2.24. The van der Waals surface area contributed by atoms with Gasteiger partial charge in [0.2, 0.25) is 5.91 Å². The van der Waals surface area contributed by atoms with Gasteiger partial charge in [-0.3, -0.25) is 15.0 Å². The maximum absolute atomic E-state index is 11.8. The fraction of sp³-hybridized carbons (Fsp3) is 0.500. The fourth-order valence-corrected chi connectivity index (χ4v) is 2.24. The lowest BCUT2D eigenvalue weighted by atomic mass is 10.1. The summed E-state index contributed by atoms with van der Waals surface area (Å²) in [4.78, 5) is 25.2. The molecule has 2 N–H and O–H groups in total. The van der Waals surface area contributed by atoms with Crippen LogP contribution >= 0.6 is 0 Å². The van der Waals surface area contributed by atoms with Gasteiger partial charge in [-0.05, 0) is 32.9 Å². The van der Waals surface area contributed by atoms with Crippen molar-refractivity contribution >= 4 is 11.9 Å². The Balaban J connectivity index is 1.83. The minimum absolute atomic E-state index is 0.148. The van der Waals surface area contributed by atoms with E-state index in [9.17, 15) is 9.59 Å². The first-order chi connectivity index (χ1) is 10.5. The van der Waals surface area contributed by atoms with Crippen LogP contribution in [0.25, 0.3) is 0 Å². The quantitative estimate of drug-likeness (QED) is 0.834. The van der Waals surface area contributed by atoms with Crippen LogP contribution in [-0.4, -0.2) is 43.6 Å². The zero-order chi connectivity index (χ0) is 16.1. The van der Waals surface area contributed by atoms with Gasteiger partial charge in [0.05, 0.1) is 13.7 Å². The molecule has 1 aromatic carbocycles. The van der Waals surface area contributed by atoms with E-state index in [2.05, 4.69) is 10.6 Å². The van der Waals surface area contributed by atoms with Crippen LogP contribution in [0.5, 0.6) is 5.75 Å². The molecule has 0 saturated heterocycles. The minimum Gasteiger partial charge on any atom is -0.496 e. The number of likely N-dealkylation sites (N-methyl/N-ethyl adjacent to an activating group) is 1. The third kappa shape index (κ3) is 5.04. The molecule has 22 heavy (non-hydrogen) atoms. The van der Waals surface area contributed by atoms with E-state index in [1.807, 2.05) is 37.1 Å². The minimum atomic E-state index is -0.408. The van der Waals surface area contributed by atoms with Crippen LogP contribution in [-0.2, 0) is 11.3 Å². The van der Waals surface area contributed by atoms with Crippen molar-refractivity contribution in [1.29, 1.82) is 0 Å². The van der Waals surface area contributed by atoms with E-state index in [4.69, 9.17) is 4.74 Å². The molecule has 3 amide bonds. The van der Waals surface area contributed by atoms with Crippen LogP contribution in [0, 0.1) is 6.92 Å². The number of hydrogen-bond acceptors (Lipinski definition) is 4. The Morgan fingerprint density at radius 1 is 1.36 bits per heavy atom. The molecular weight excluding hydrogens is 282 g/mol. The Hall–Kier alpha value is -2.08. The highest BCUT2D eigenvalue weighted by atomic mass is 16.5. The number of carbonyl (C=O) groups is 2. The van der Waals surface area contributed by atoms with E-state index < -0.39 is 6.03 Å². The summed E-state index contributed by atoms with van der Waals surface area (Å²) in [6, 6.07) is 5.77. The topological polar surface area (TPSA) is 70.7 Å². The van der Waals surface area contributed by atoms with Crippen molar-refractivity contribution in [3.05, 3.63) is 29.3 Å². The van der Waals surface area contributed by atoms with Crippen molar-refractivity contribution < 1.29 is 14.3 Å². The van der Waals surface area contributed by atoms with Crippen molar-refractivity contribution in [2.24, 2.45) is 0 Å². The summed E-state index contributed by atoms with van der Waals surface area (Å²) in [6.07, 6.45) is 1.99. The van der Waals surface area contributed by atoms with Crippen LogP contribution in [0.3, 0.4) is 0 Å². The number of aryl methyl sites for hydroxylation is 1. The first-order valence-corrected chi connectivity index (χ1v) is 7.40. The average molecular weight is 305 g/mol. The van der Waals surface area contributed by atoms with Gasteiger partial charge in [-0.15, -0.1) is 0 Å². The van der Waals surface area contributed by atoms with E-state index in [0.717, 1.165) is 29.7 Å². The highest BCUT2D eigenvalue weighted by molar-refractivity contribution is 5.95. The number of ether oxygens (including phenoxy) is 1. The molecule has 1 fully saturated rings. The van der Waals surface area contributed by atoms with Gasteiger partial charge in [0.15, 0.2) is 0 Å². The Labute approximate surface area is 130 Å². The Morgan fingerprint density at radius 2 is 2.09 bits per heavy atom. The van der Waals surface area contributed by atoms with Crippen molar-refractivity contribution in [3.63, 3.8) is 0 Å². The lowest BCUT2D eigenvalue weighted by Crippen LogP contribution is -2.44. The lowest BCUT2D eigenvalue weighted by molar-refractivity contribution is -0.120. The van der Waals surface area contributed by atoms with Crippen LogP contribution in [0.4, 0.5) is 4.79 Å². The molecule has 0 aromatic heterocycles. The second kappa shape index (κ2) is 7.26. The summed E-state index contributed by atoms with van der Waals surface area (Å²) in [5, 5.41) is 5.07. The first kappa shape index (κ1) is 16.3. The molecule has 0 bridgehead atoms. The van der Waals surface area contributed by atoms with Crippen molar-refractivity contribution in [2.75, 3.05) is 20.7 Å². The molecule has 1 aliphatic rings. The summed E-state index contributed by atoms with van der Waals surface area (Å²) in [7, 11) is 3.46. The molecule has 0 atom stereocenters. The zero-order valence-electron chi connectivity index (χ0n) is 13.3. The van der Waals surface area contributed by atoms with Gasteiger partial charge in [0, 0.05) is 18.2 Å². The Morgan fingerprint density at radius 3 is 2.73 bits per heavy atom. The van der Waals surface area contributed by atoms with Gasteiger partial charge in [-0.2, -0.15) is 0 Å². The molecule has 0 unspecified atom stereocenters. The summed E-state index contributed by atoms with van der Waals surface area (Å²) in [6.45, 7) is 2.73. The standard InChI is InChI=1S/C16H23N3O3/c1-11-4-7-14(22-3)12(8-11)9-19(2)10-15(20)18-16(21)17-13-5-6-13/h4,7-8,13H,5-6,9-10H2,1-3H3,(H2,17,18,20,21). The number of urea groups is 1. The van der Waals surface area contributed by atoms with Crippen molar-refractivity contribution in [2.45, 2.75) is 32.4 Å². The number of carbonyl (C=O) groups excluding carboxylic acids is 2. The molecular formula is C16H23N3O3. The van der Waals surface area contributed by atoms with Gasteiger partial charge >= 0.3 is 6.03 Å². The largest absolute Gasteiger partial charge is 0.496 e. The summed E-state index contributed by atoms with van der Waals surface area (Å²) in [5.74, 6) is 0.483. The number of nitrogens with zero attached hydrogens (tertiary/aromatic N) is 1. The number of benzene rings is 1. The maximum Gasteiger partial charge on any atom is 0.321 e. The molecule has 6 nitrogen and oxygen atoms in total. The molecule has 0 radical (unpaired) electrons. The Bertz CT molecular complexity index is 556. The number of hydrogen-bond donors (Lipinski definition) is 2. The van der Waals surface area contributed by atoms with E-state index in [1.165, 1.54) is 0 Å². The zero-order valence-corrected chi connectivity index (χ0v) is 13.3. The molecule has 1 aliphatic carbocycles. The SMILES string of the molecule is COc1ccc(C)cc1CN(C)CC(=O)NC(=O)NC1CC1. The van der Waals surface area contributed by atoms with Crippen LogP contribution in [0.15, 0.2) is 18.2 Å². The number of rotatable bonds is 6. The fourth-order valence-electron chi connectivity index (χ4n) is 2.24. The molecule has 1 aromatic rings. The lowest BCUT2D eigenvalue weighted by Gasteiger charge is -2.18.